The van der Waals surface area contributed by atoms with Crippen molar-refractivity contribution < 1.29 is 9.90 Å². The highest BCUT2D eigenvalue weighted by atomic mass is 79.9. The van der Waals surface area contributed by atoms with Gasteiger partial charge < -0.3 is 5.11 Å². The number of halogens is 1. The van der Waals surface area contributed by atoms with Crippen LogP contribution < -0.4 is 0 Å². The topological polar surface area (TPSA) is 37.3 Å². The fraction of sp³-hybridized carbons (Fsp3) is 0.286. The van der Waals surface area contributed by atoms with Crippen molar-refractivity contribution in [1.82, 2.24) is 0 Å². The third kappa shape index (κ3) is 1.46. The van der Waals surface area contributed by atoms with Crippen LogP contribution in [0.25, 0.3) is 0 Å². The summed E-state index contributed by atoms with van der Waals surface area (Å²) in [5, 5.41) is 8.68. The van der Waals surface area contributed by atoms with Crippen LogP contribution in [0.5, 0.6) is 0 Å². The number of aromatic carboxylic acids is 1. The Morgan fingerprint density at radius 1 is 1.55 bits per heavy atom. The monoisotopic (exact) mass is 234 g/mol. The molecule has 0 aliphatic carbocycles. The van der Waals surface area contributed by atoms with E-state index < -0.39 is 5.97 Å². The molecule has 1 heterocycles. The number of hydrogen-bond acceptors (Lipinski definition) is 2. The molecule has 2 nitrogen and oxygen atoms in total. The zero-order valence-corrected chi connectivity index (χ0v) is 8.54. The molecule has 0 aromatic carbocycles. The highest BCUT2D eigenvalue weighted by Crippen LogP contribution is 2.31. The molecule has 0 aliphatic heterocycles. The summed E-state index contributed by atoms with van der Waals surface area (Å²) in [6.45, 7) is 3.82. The van der Waals surface area contributed by atoms with Gasteiger partial charge in [0.2, 0.25) is 0 Å². The van der Waals surface area contributed by atoms with Gasteiger partial charge in [0.25, 0.3) is 0 Å². The van der Waals surface area contributed by atoms with Gasteiger partial charge in [0.1, 0.15) is 4.88 Å². The van der Waals surface area contributed by atoms with E-state index in [1.54, 1.807) is 0 Å². The van der Waals surface area contributed by atoms with Crippen molar-refractivity contribution in [2.45, 2.75) is 13.8 Å². The van der Waals surface area contributed by atoms with E-state index in [1.807, 2.05) is 13.8 Å². The van der Waals surface area contributed by atoms with Crippen molar-refractivity contribution in [1.29, 1.82) is 0 Å². The van der Waals surface area contributed by atoms with Crippen LogP contribution in [-0.4, -0.2) is 11.1 Å². The Kier molecular flexibility index (Phi) is 2.34. The van der Waals surface area contributed by atoms with Crippen LogP contribution in [0.4, 0.5) is 0 Å². The van der Waals surface area contributed by atoms with Gasteiger partial charge in [-0.3, -0.25) is 0 Å². The number of thiophene rings is 1. The zero-order chi connectivity index (χ0) is 8.59. The summed E-state index contributed by atoms with van der Waals surface area (Å²) >= 11 is 4.53. The molecule has 0 atom stereocenters. The van der Waals surface area contributed by atoms with Crippen LogP contribution in [0.1, 0.15) is 20.1 Å². The van der Waals surface area contributed by atoms with Gasteiger partial charge >= 0.3 is 5.97 Å². The van der Waals surface area contributed by atoms with Crippen LogP contribution in [-0.2, 0) is 0 Å². The van der Waals surface area contributed by atoms with Crippen molar-refractivity contribution >= 4 is 33.2 Å². The summed E-state index contributed by atoms with van der Waals surface area (Å²) in [6.07, 6.45) is 0. The zero-order valence-electron chi connectivity index (χ0n) is 6.14. The van der Waals surface area contributed by atoms with Gasteiger partial charge in [-0.1, -0.05) is 0 Å². The summed E-state index contributed by atoms with van der Waals surface area (Å²) in [6, 6.07) is 0. The molecule has 0 radical (unpaired) electrons. The molecular formula is C7H7BrO2S. The molecule has 0 fully saturated rings. The van der Waals surface area contributed by atoms with Gasteiger partial charge in [-0.05, 0) is 35.3 Å². The minimum absolute atomic E-state index is 0.389. The second kappa shape index (κ2) is 2.95. The van der Waals surface area contributed by atoms with Crippen LogP contribution in [0.15, 0.2) is 4.47 Å². The van der Waals surface area contributed by atoms with Crippen LogP contribution in [0, 0.1) is 13.8 Å². The Hall–Kier alpha value is -0.350. The fourth-order valence-corrected chi connectivity index (χ4v) is 2.47. The summed E-state index contributed by atoms with van der Waals surface area (Å²) < 4.78 is 0.715. The van der Waals surface area contributed by atoms with E-state index in [0.717, 1.165) is 10.4 Å². The molecule has 11 heavy (non-hydrogen) atoms. The summed E-state index contributed by atoms with van der Waals surface area (Å²) in [5.74, 6) is -0.863. The van der Waals surface area contributed by atoms with Gasteiger partial charge in [0.15, 0.2) is 0 Å². The lowest BCUT2D eigenvalue weighted by molar-refractivity contribution is 0.0701. The Bertz CT molecular complexity index is 304. The number of carboxylic acids is 1. The maximum atomic E-state index is 10.6. The van der Waals surface area contributed by atoms with E-state index in [4.69, 9.17) is 5.11 Å². The first kappa shape index (κ1) is 8.74. The Labute approximate surface area is 77.0 Å². The van der Waals surface area contributed by atoms with Crippen molar-refractivity contribution in [3.8, 4) is 0 Å². The Balaban J connectivity index is 3.29. The number of rotatable bonds is 1. The molecule has 4 heteroatoms. The Morgan fingerprint density at radius 3 is 2.27 bits per heavy atom. The molecule has 0 saturated heterocycles. The number of hydrogen-bond donors (Lipinski definition) is 1. The second-order valence-electron chi connectivity index (χ2n) is 2.23. The lowest BCUT2D eigenvalue weighted by Gasteiger charge is -1.88. The number of carbonyl (C=O) groups is 1. The molecular weight excluding hydrogens is 228 g/mol. The van der Waals surface area contributed by atoms with Crippen molar-refractivity contribution in [3.63, 3.8) is 0 Å². The van der Waals surface area contributed by atoms with Gasteiger partial charge in [-0.25, -0.2) is 4.79 Å². The second-order valence-corrected chi connectivity index (χ2v) is 4.25. The highest BCUT2D eigenvalue weighted by Gasteiger charge is 2.15. The Morgan fingerprint density at radius 2 is 2.09 bits per heavy atom. The van der Waals surface area contributed by atoms with E-state index >= 15 is 0 Å². The lowest BCUT2D eigenvalue weighted by atomic mass is 10.3. The molecule has 1 aromatic rings. The van der Waals surface area contributed by atoms with E-state index in [1.165, 1.54) is 11.3 Å². The normalized spacial score (nSPS) is 10.1. The van der Waals surface area contributed by atoms with Gasteiger partial charge in [-0.15, -0.1) is 11.3 Å². The SMILES string of the molecule is Cc1sc(C(=O)O)c(Br)c1C. The maximum absolute atomic E-state index is 10.6. The molecule has 0 unspecified atom stereocenters. The quantitative estimate of drug-likeness (QED) is 0.812. The van der Waals surface area contributed by atoms with E-state index in [9.17, 15) is 4.79 Å². The van der Waals surface area contributed by atoms with Gasteiger partial charge in [-0.2, -0.15) is 0 Å². The van der Waals surface area contributed by atoms with Crippen LogP contribution in [0.3, 0.4) is 0 Å². The minimum atomic E-state index is -0.863. The standard InChI is InChI=1S/C7H7BrO2S/c1-3-4(2)11-6(5(3)8)7(9)10/h1-2H3,(H,9,10). The molecule has 0 bridgehead atoms. The highest BCUT2D eigenvalue weighted by molar-refractivity contribution is 9.10. The first-order chi connectivity index (χ1) is 5.04. The molecule has 1 aromatic heterocycles. The van der Waals surface area contributed by atoms with E-state index in [-0.39, 0.29) is 0 Å². The van der Waals surface area contributed by atoms with Gasteiger partial charge in [0, 0.05) is 9.35 Å². The van der Waals surface area contributed by atoms with Crippen molar-refractivity contribution in [2.24, 2.45) is 0 Å². The number of carboxylic acid groups (broad SMARTS) is 1. The number of aryl methyl sites for hydroxylation is 1. The first-order valence-corrected chi connectivity index (χ1v) is 4.63. The molecule has 1 rings (SSSR count). The lowest BCUT2D eigenvalue weighted by Crippen LogP contribution is -1.92. The third-order valence-corrected chi connectivity index (χ3v) is 3.96. The summed E-state index contributed by atoms with van der Waals surface area (Å²) in [4.78, 5) is 12.0. The van der Waals surface area contributed by atoms with E-state index in [2.05, 4.69) is 15.9 Å². The molecule has 0 aliphatic rings. The van der Waals surface area contributed by atoms with Crippen molar-refractivity contribution in [3.05, 3.63) is 19.8 Å². The van der Waals surface area contributed by atoms with Crippen molar-refractivity contribution in [2.75, 3.05) is 0 Å². The van der Waals surface area contributed by atoms with Crippen LogP contribution >= 0.6 is 27.3 Å². The maximum Gasteiger partial charge on any atom is 0.347 e. The molecule has 0 amide bonds. The molecule has 60 valence electrons. The average Bonchev–Trinajstić information content (AvgIpc) is 2.17. The summed E-state index contributed by atoms with van der Waals surface area (Å²) in [5.41, 5.74) is 1.02. The molecule has 0 spiro atoms. The third-order valence-electron chi connectivity index (χ3n) is 1.51. The van der Waals surface area contributed by atoms with Crippen LogP contribution in [0.2, 0.25) is 0 Å². The predicted octanol–water partition coefficient (Wildman–Crippen LogP) is 2.83. The van der Waals surface area contributed by atoms with Gasteiger partial charge in [0.05, 0.1) is 0 Å². The summed E-state index contributed by atoms with van der Waals surface area (Å²) in [7, 11) is 0. The average molecular weight is 235 g/mol. The van der Waals surface area contributed by atoms with E-state index in [0.29, 0.717) is 9.35 Å². The predicted molar refractivity (Wildman–Crippen MR) is 48.5 cm³/mol. The first-order valence-electron chi connectivity index (χ1n) is 3.02. The smallest absolute Gasteiger partial charge is 0.347 e. The molecule has 1 N–H and O–H groups in total. The largest absolute Gasteiger partial charge is 0.477 e. The fourth-order valence-electron chi connectivity index (χ4n) is 0.737. The molecule has 0 saturated carbocycles. The minimum Gasteiger partial charge on any atom is -0.477 e.